The number of nitrogens with zero attached hydrogens (tertiary/aromatic N) is 1. The molecule has 0 aromatic rings. The van der Waals surface area contributed by atoms with Crippen LogP contribution in [0.2, 0.25) is 0 Å². The summed E-state index contributed by atoms with van der Waals surface area (Å²) in [5.41, 5.74) is 0. The van der Waals surface area contributed by atoms with Crippen LogP contribution in [0, 0.1) is 0 Å². The largest absolute Gasteiger partial charge is 0.285 e. The molecule has 1 nitrogen and oxygen atoms in total. The second-order valence-corrected chi connectivity index (χ2v) is 10.7. The molecule has 0 spiro atoms. The Hall–Kier alpha value is 0.250. The van der Waals surface area contributed by atoms with Gasteiger partial charge in [-0.15, -0.1) is 11.6 Å². The summed E-state index contributed by atoms with van der Waals surface area (Å²) in [5, 5.41) is 0. The molecule has 0 radical (unpaired) electrons. The van der Waals surface area contributed by atoms with E-state index in [4.69, 9.17) is 11.6 Å². The number of hydrogen-bond donors (Lipinski definition) is 0. The van der Waals surface area contributed by atoms with Gasteiger partial charge in [0.1, 0.15) is 0 Å². The van der Waals surface area contributed by atoms with Crippen LogP contribution in [-0.4, -0.2) is 23.0 Å². The van der Waals surface area contributed by atoms with Crippen LogP contribution >= 0.6 is 11.6 Å². The Morgan fingerprint density at radius 2 is 0.833 bits per heavy atom. The van der Waals surface area contributed by atoms with Crippen LogP contribution in [0.3, 0.4) is 0 Å². The molecule has 0 amide bonds. The standard InChI is InChI=1S/C28H58ClN/c1-5-8-10-12-14-16-18-20-22-24-26-28(4,29)30(7-3)27-25-23-21-19-17-15-13-11-9-6-2/h5-27H2,1-4H3. The average molecular weight is 444 g/mol. The fourth-order valence-electron chi connectivity index (χ4n) is 4.60. The molecule has 0 saturated heterocycles. The Kier molecular flexibility index (Phi) is 22.6. The van der Waals surface area contributed by atoms with Gasteiger partial charge in [-0.25, -0.2) is 0 Å². The second kappa shape index (κ2) is 22.4. The predicted octanol–water partition coefficient (Wildman–Crippen LogP) is 10.5. The van der Waals surface area contributed by atoms with Crippen LogP contribution in [-0.2, 0) is 0 Å². The van der Waals surface area contributed by atoms with Gasteiger partial charge >= 0.3 is 0 Å². The van der Waals surface area contributed by atoms with Crippen molar-refractivity contribution in [2.75, 3.05) is 13.1 Å². The van der Waals surface area contributed by atoms with Crippen molar-refractivity contribution < 1.29 is 0 Å². The summed E-state index contributed by atoms with van der Waals surface area (Å²) in [6, 6.07) is 0. The maximum Gasteiger partial charge on any atom is 0.0931 e. The Bertz CT molecular complexity index is 329. The van der Waals surface area contributed by atoms with Crippen LogP contribution < -0.4 is 0 Å². The number of rotatable bonds is 24. The summed E-state index contributed by atoms with van der Waals surface area (Å²) in [4.78, 5) is 2.38. The SMILES string of the molecule is CCCCCCCCCCCCN(CC)C(C)(Cl)CCCCCCCCCCCC. The molecule has 30 heavy (non-hydrogen) atoms. The van der Waals surface area contributed by atoms with Gasteiger partial charge in [0.25, 0.3) is 0 Å². The fourth-order valence-corrected chi connectivity index (χ4v) is 4.94. The summed E-state index contributed by atoms with van der Waals surface area (Å²) in [6.45, 7) is 11.4. The average Bonchev–Trinajstić information content (AvgIpc) is 2.73. The zero-order valence-electron chi connectivity index (χ0n) is 21.6. The molecule has 0 fully saturated rings. The Morgan fingerprint density at radius 1 is 0.500 bits per heavy atom. The van der Waals surface area contributed by atoms with Gasteiger partial charge in [-0.3, -0.25) is 4.90 Å². The molecule has 182 valence electrons. The highest BCUT2D eigenvalue weighted by Gasteiger charge is 2.26. The third-order valence-electron chi connectivity index (χ3n) is 6.81. The van der Waals surface area contributed by atoms with Gasteiger partial charge in [0.15, 0.2) is 0 Å². The van der Waals surface area contributed by atoms with E-state index in [9.17, 15) is 0 Å². The van der Waals surface area contributed by atoms with Gasteiger partial charge in [0, 0.05) is 0 Å². The predicted molar refractivity (Wildman–Crippen MR) is 140 cm³/mol. The molecule has 0 rings (SSSR count). The molecular formula is C28H58ClN. The summed E-state index contributed by atoms with van der Waals surface area (Å²) < 4.78 is 0. The van der Waals surface area contributed by atoms with E-state index in [2.05, 4.69) is 32.6 Å². The molecule has 1 atom stereocenters. The number of halogens is 1. The first-order valence-electron chi connectivity index (χ1n) is 14.0. The van der Waals surface area contributed by atoms with Crippen molar-refractivity contribution in [2.24, 2.45) is 0 Å². The minimum absolute atomic E-state index is 0.145. The van der Waals surface area contributed by atoms with Crippen molar-refractivity contribution in [3.63, 3.8) is 0 Å². The molecule has 0 aromatic carbocycles. The van der Waals surface area contributed by atoms with Gasteiger partial charge in [0.2, 0.25) is 0 Å². The van der Waals surface area contributed by atoms with Crippen molar-refractivity contribution in [1.82, 2.24) is 4.90 Å². The van der Waals surface area contributed by atoms with Crippen LogP contribution in [0.25, 0.3) is 0 Å². The van der Waals surface area contributed by atoms with Crippen molar-refractivity contribution in [3.8, 4) is 0 Å². The third kappa shape index (κ3) is 19.0. The minimum Gasteiger partial charge on any atom is -0.285 e. The Balaban J connectivity index is 3.65. The topological polar surface area (TPSA) is 3.24 Å². The number of unbranched alkanes of at least 4 members (excludes halogenated alkanes) is 18. The van der Waals surface area contributed by atoms with E-state index in [0.717, 1.165) is 13.0 Å². The third-order valence-corrected chi connectivity index (χ3v) is 7.24. The minimum atomic E-state index is -0.145. The van der Waals surface area contributed by atoms with E-state index < -0.39 is 0 Å². The highest BCUT2D eigenvalue weighted by Crippen LogP contribution is 2.28. The summed E-state index contributed by atoms with van der Waals surface area (Å²) in [6.07, 6.45) is 29.2. The lowest BCUT2D eigenvalue weighted by atomic mass is 10.0. The van der Waals surface area contributed by atoms with Crippen molar-refractivity contribution in [1.29, 1.82) is 0 Å². The maximum atomic E-state index is 6.96. The molecule has 0 N–H and O–H groups in total. The number of hydrogen-bond acceptors (Lipinski definition) is 1. The molecule has 0 aliphatic carbocycles. The van der Waals surface area contributed by atoms with Crippen molar-refractivity contribution in [2.45, 2.75) is 168 Å². The molecule has 2 heteroatoms. The van der Waals surface area contributed by atoms with Gasteiger partial charge in [-0.2, -0.15) is 0 Å². The van der Waals surface area contributed by atoms with E-state index >= 15 is 0 Å². The fraction of sp³-hybridized carbons (Fsp3) is 1.00. The van der Waals surface area contributed by atoms with Crippen molar-refractivity contribution >= 4 is 11.6 Å². The quantitative estimate of drug-likeness (QED) is 0.0813. The van der Waals surface area contributed by atoms with Gasteiger partial charge in [-0.1, -0.05) is 143 Å². The van der Waals surface area contributed by atoms with E-state index in [1.165, 1.54) is 135 Å². The van der Waals surface area contributed by atoms with E-state index in [0.29, 0.717) is 0 Å². The highest BCUT2D eigenvalue weighted by atomic mass is 35.5. The van der Waals surface area contributed by atoms with Gasteiger partial charge in [0.05, 0.1) is 5.00 Å². The number of alkyl halides is 1. The first kappa shape index (κ1) is 30.2. The lowest BCUT2D eigenvalue weighted by Crippen LogP contribution is -2.42. The van der Waals surface area contributed by atoms with Gasteiger partial charge < -0.3 is 0 Å². The zero-order valence-corrected chi connectivity index (χ0v) is 22.3. The molecule has 1 unspecified atom stereocenters. The smallest absolute Gasteiger partial charge is 0.0931 e. The monoisotopic (exact) mass is 443 g/mol. The molecular weight excluding hydrogens is 386 g/mol. The zero-order chi connectivity index (χ0) is 22.3. The summed E-state index contributed by atoms with van der Waals surface area (Å²) >= 11 is 6.96. The molecule has 0 heterocycles. The molecule has 0 bridgehead atoms. The molecule has 0 saturated carbocycles. The van der Waals surface area contributed by atoms with E-state index in [1.807, 2.05) is 0 Å². The Morgan fingerprint density at radius 3 is 1.20 bits per heavy atom. The molecule has 0 aliphatic rings. The maximum absolute atomic E-state index is 6.96. The summed E-state index contributed by atoms with van der Waals surface area (Å²) in [5.74, 6) is 0. The lowest BCUT2D eigenvalue weighted by molar-refractivity contribution is 0.167. The van der Waals surface area contributed by atoms with Crippen LogP contribution in [0.4, 0.5) is 0 Å². The lowest BCUT2D eigenvalue weighted by Gasteiger charge is -2.36. The summed E-state index contributed by atoms with van der Waals surface area (Å²) in [7, 11) is 0. The normalized spacial score (nSPS) is 13.8. The van der Waals surface area contributed by atoms with E-state index in [1.54, 1.807) is 0 Å². The van der Waals surface area contributed by atoms with Crippen LogP contribution in [0.1, 0.15) is 163 Å². The van der Waals surface area contributed by atoms with Crippen LogP contribution in [0.15, 0.2) is 0 Å². The van der Waals surface area contributed by atoms with E-state index in [-0.39, 0.29) is 5.00 Å². The first-order valence-corrected chi connectivity index (χ1v) is 14.4. The van der Waals surface area contributed by atoms with Gasteiger partial charge in [-0.05, 0) is 32.9 Å². The highest BCUT2D eigenvalue weighted by molar-refractivity contribution is 6.23. The molecule has 0 aliphatic heterocycles. The van der Waals surface area contributed by atoms with Crippen LogP contribution in [0.5, 0.6) is 0 Å². The Labute approximate surface area is 197 Å². The second-order valence-electron chi connectivity index (χ2n) is 9.84. The molecule has 0 aromatic heterocycles. The van der Waals surface area contributed by atoms with Crippen molar-refractivity contribution in [3.05, 3.63) is 0 Å². The first-order chi connectivity index (χ1) is 14.6.